The highest BCUT2D eigenvalue weighted by Crippen LogP contribution is 2.21. The Hall–Kier alpha value is -1.95. The van der Waals surface area contributed by atoms with Crippen molar-refractivity contribution in [3.8, 4) is 0 Å². The van der Waals surface area contributed by atoms with Crippen molar-refractivity contribution >= 4 is 27.7 Å². The van der Waals surface area contributed by atoms with Crippen molar-refractivity contribution in [3.05, 3.63) is 52.4 Å². The van der Waals surface area contributed by atoms with Gasteiger partial charge in [-0.1, -0.05) is 6.07 Å². The Balaban J connectivity index is 2.23. The van der Waals surface area contributed by atoms with E-state index in [2.05, 4.69) is 31.2 Å². The van der Waals surface area contributed by atoms with Gasteiger partial charge in [-0.25, -0.2) is 4.98 Å². The first-order valence-electron chi connectivity index (χ1n) is 6.53. The van der Waals surface area contributed by atoms with E-state index in [1.807, 2.05) is 44.1 Å². The van der Waals surface area contributed by atoms with Crippen molar-refractivity contribution in [1.29, 1.82) is 0 Å². The maximum atomic E-state index is 12.5. The Morgan fingerprint density at radius 1 is 1.33 bits per heavy atom. The molecule has 1 unspecified atom stereocenters. The van der Waals surface area contributed by atoms with Gasteiger partial charge in [-0.05, 0) is 41.1 Å². The highest BCUT2D eigenvalue weighted by Gasteiger charge is 2.18. The van der Waals surface area contributed by atoms with E-state index in [9.17, 15) is 4.79 Å². The van der Waals surface area contributed by atoms with E-state index >= 15 is 0 Å². The van der Waals surface area contributed by atoms with Gasteiger partial charge in [-0.3, -0.25) is 9.78 Å². The minimum absolute atomic E-state index is 0.173. The quantitative estimate of drug-likeness (QED) is 0.922. The number of nitrogens with zero attached hydrogens (tertiary/aromatic N) is 3. The molecule has 0 aromatic carbocycles. The number of carbonyl (C=O) groups is 1. The number of amides is 1. The van der Waals surface area contributed by atoms with Crippen LogP contribution in [0.2, 0.25) is 0 Å². The van der Waals surface area contributed by atoms with Crippen LogP contribution in [0.3, 0.4) is 0 Å². The van der Waals surface area contributed by atoms with E-state index in [0.29, 0.717) is 11.4 Å². The second-order valence-electron chi connectivity index (χ2n) is 4.87. The van der Waals surface area contributed by atoms with Crippen molar-refractivity contribution in [2.24, 2.45) is 0 Å². The molecule has 0 saturated carbocycles. The van der Waals surface area contributed by atoms with E-state index in [-0.39, 0.29) is 11.9 Å². The van der Waals surface area contributed by atoms with E-state index in [4.69, 9.17) is 0 Å². The van der Waals surface area contributed by atoms with Gasteiger partial charge >= 0.3 is 0 Å². The summed E-state index contributed by atoms with van der Waals surface area (Å²) in [7, 11) is 3.71. The molecule has 0 aliphatic carbocycles. The van der Waals surface area contributed by atoms with E-state index in [1.165, 1.54) is 0 Å². The molecule has 0 spiro atoms. The zero-order valence-corrected chi connectivity index (χ0v) is 13.8. The molecule has 6 heteroatoms. The maximum absolute atomic E-state index is 12.5. The largest absolute Gasteiger partial charge is 0.362 e. The monoisotopic (exact) mass is 348 g/mol. The summed E-state index contributed by atoms with van der Waals surface area (Å²) in [5.74, 6) is 0.453. The van der Waals surface area contributed by atoms with Crippen LogP contribution in [0.5, 0.6) is 0 Å². The second-order valence-corrected chi connectivity index (χ2v) is 5.78. The molecule has 0 radical (unpaired) electrons. The Labute approximate surface area is 132 Å². The average Bonchev–Trinajstić information content (AvgIpc) is 2.47. The molecule has 2 aromatic heterocycles. The van der Waals surface area contributed by atoms with Crippen LogP contribution in [0.4, 0.5) is 5.82 Å². The molecule has 0 fully saturated rings. The van der Waals surface area contributed by atoms with Crippen molar-refractivity contribution in [3.63, 3.8) is 0 Å². The molecule has 0 saturated heterocycles. The smallest absolute Gasteiger partial charge is 0.255 e. The van der Waals surface area contributed by atoms with Crippen LogP contribution in [0, 0.1) is 0 Å². The van der Waals surface area contributed by atoms with Gasteiger partial charge in [0.25, 0.3) is 5.91 Å². The summed E-state index contributed by atoms with van der Waals surface area (Å²) in [5, 5.41) is 2.95. The summed E-state index contributed by atoms with van der Waals surface area (Å²) in [6, 6.07) is 7.23. The van der Waals surface area contributed by atoms with Crippen molar-refractivity contribution in [2.45, 2.75) is 13.0 Å². The molecule has 2 aromatic rings. The van der Waals surface area contributed by atoms with Crippen molar-refractivity contribution < 1.29 is 4.79 Å². The summed E-state index contributed by atoms with van der Waals surface area (Å²) in [4.78, 5) is 22.8. The fourth-order valence-corrected chi connectivity index (χ4v) is 2.27. The molecule has 2 heterocycles. The Bertz CT molecular complexity index is 631. The van der Waals surface area contributed by atoms with Crippen LogP contribution in [-0.2, 0) is 0 Å². The van der Waals surface area contributed by atoms with Gasteiger partial charge in [0.1, 0.15) is 5.82 Å². The fourth-order valence-electron chi connectivity index (χ4n) is 1.94. The summed E-state index contributed by atoms with van der Waals surface area (Å²) in [6.07, 6.45) is 3.39. The number of hydrogen-bond donors (Lipinski definition) is 1. The first-order valence-corrected chi connectivity index (χ1v) is 7.33. The molecule has 21 heavy (non-hydrogen) atoms. The number of carbonyl (C=O) groups excluding carboxylic acids is 1. The Kier molecular flexibility index (Phi) is 4.90. The van der Waals surface area contributed by atoms with Crippen molar-refractivity contribution in [2.75, 3.05) is 19.0 Å². The number of hydrogen-bond acceptors (Lipinski definition) is 4. The van der Waals surface area contributed by atoms with Crippen LogP contribution in [0.15, 0.2) is 41.1 Å². The van der Waals surface area contributed by atoms with Gasteiger partial charge < -0.3 is 10.2 Å². The standard InChI is InChI=1S/C15H17BrN4O/c1-10(13-6-4-5-7-17-13)19-15(21)12-8-11(16)9-18-14(12)20(2)3/h4-10H,1-3H3,(H,19,21). The third-order valence-corrected chi connectivity index (χ3v) is 3.41. The maximum Gasteiger partial charge on any atom is 0.255 e. The lowest BCUT2D eigenvalue weighted by atomic mass is 10.1. The van der Waals surface area contributed by atoms with Crippen LogP contribution < -0.4 is 10.2 Å². The van der Waals surface area contributed by atoms with Crippen molar-refractivity contribution in [1.82, 2.24) is 15.3 Å². The molecule has 1 amide bonds. The molecule has 2 rings (SSSR count). The highest BCUT2D eigenvalue weighted by atomic mass is 79.9. The summed E-state index contributed by atoms with van der Waals surface area (Å²) >= 11 is 3.35. The molecule has 1 N–H and O–H groups in total. The third-order valence-electron chi connectivity index (χ3n) is 2.98. The lowest BCUT2D eigenvalue weighted by Crippen LogP contribution is -2.29. The normalized spacial score (nSPS) is 11.8. The summed E-state index contributed by atoms with van der Waals surface area (Å²) in [6.45, 7) is 1.90. The van der Waals surface area contributed by atoms with E-state index < -0.39 is 0 Å². The SMILES string of the molecule is CC(NC(=O)c1cc(Br)cnc1N(C)C)c1ccccn1. The number of aromatic nitrogens is 2. The molecule has 110 valence electrons. The van der Waals surface area contributed by atoms with E-state index in [0.717, 1.165) is 10.2 Å². The number of pyridine rings is 2. The number of rotatable bonds is 4. The van der Waals surface area contributed by atoms with Gasteiger partial charge in [-0.2, -0.15) is 0 Å². The Morgan fingerprint density at radius 3 is 2.71 bits per heavy atom. The summed E-state index contributed by atoms with van der Waals surface area (Å²) < 4.78 is 0.767. The molecule has 0 bridgehead atoms. The highest BCUT2D eigenvalue weighted by molar-refractivity contribution is 9.10. The van der Waals surface area contributed by atoms with E-state index in [1.54, 1.807) is 18.5 Å². The number of anilines is 1. The predicted octanol–water partition coefficient (Wildman–Crippen LogP) is 2.80. The van der Waals surface area contributed by atoms with Crippen LogP contribution in [0.25, 0.3) is 0 Å². The van der Waals surface area contributed by atoms with Crippen LogP contribution in [0.1, 0.15) is 29.0 Å². The van der Waals surface area contributed by atoms with Gasteiger partial charge in [0.2, 0.25) is 0 Å². The topological polar surface area (TPSA) is 58.1 Å². The third kappa shape index (κ3) is 3.78. The van der Waals surface area contributed by atoms with Gasteiger partial charge in [0.15, 0.2) is 0 Å². The second kappa shape index (κ2) is 6.67. The lowest BCUT2D eigenvalue weighted by Gasteiger charge is -2.18. The molecule has 0 aliphatic heterocycles. The predicted molar refractivity (Wildman–Crippen MR) is 86.4 cm³/mol. The summed E-state index contributed by atoms with van der Waals surface area (Å²) in [5.41, 5.74) is 1.34. The van der Waals surface area contributed by atoms with Crippen LogP contribution in [-0.4, -0.2) is 30.0 Å². The first-order chi connectivity index (χ1) is 9.99. The molecular formula is C15H17BrN4O. The lowest BCUT2D eigenvalue weighted by molar-refractivity contribution is 0.0939. The molecule has 1 atom stereocenters. The fraction of sp³-hybridized carbons (Fsp3) is 0.267. The average molecular weight is 349 g/mol. The van der Waals surface area contributed by atoms with Gasteiger partial charge in [0, 0.05) is 31.0 Å². The molecule has 0 aliphatic rings. The van der Waals surface area contributed by atoms with Gasteiger partial charge in [0.05, 0.1) is 17.3 Å². The van der Waals surface area contributed by atoms with Crippen LogP contribution >= 0.6 is 15.9 Å². The Morgan fingerprint density at radius 2 is 2.10 bits per heavy atom. The zero-order chi connectivity index (χ0) is 15.4. The van der Waals surface area contributed by atoms with Gasteiger partial charge in [-0.15, -0.1) is 0 Å². The zero-order valence-electron chi connectivity index (χ0n) is 12.2. The molecule has 5 nitrogen and oxygen atoms in total. The number of halogens is 1. The minimum Gasteiger partial charge on any atom is -0.362 e. The number of nitrogens with one attached hydrogen (secondary N) is 1. The molecular weight excluding hydrogens is 332 g/mol. The first kappa shape index (κ1) is 15.4. The minimum atomic E-state index is -0.175.